The van der Waals surface area contributed by atoms with Crippen LogP contribution in [0.3, 0.4) is 0 Å². The summed E-state index contributed by atoms with van der Waals surface area (Å²) in [4.78, 5) is 0. The van der Waals surface area contributed by atoms with Gasteiger partial charge in [0.15, 0.2) is 0 Å². The standard InChI is InChI=1S/C5H10NO/c1-5-2-3-6-4-7-5/h4-6H,2-3H2,1H3. The monoisotopic (exact) mass is 100 g/mol. The van der Waals surface area contributed by atoms with Gasteiger partial charge >= 0.3 is 0 Å². The van der Waals surface area contributed by atoms with E-state index in [-0.39, 0.29) is 0 Å². The number of ether oxygens (including phenoxy) is 1. The van der Waals surface area contributed by atoms with E-state index >= 15 is 0 Å². The lowest BCUT2D eigenvalue weighted by molar-refractivity contribution is 0.0720. The maximum Gasteiger partial charge on any atom is 0.148 e. The van der Waals surface area contributed by atoms with Crippen LogP contribution in [0.1, 0.15) is 13.3 Å². The molecule has 0 amide bonds. The van der Waals surface area contributed by atoms with Crippen molar-refractivity contribution in [2.75, 3.05) is 6.54 Å². The van der Waals surface area contributed by atoms with Gasteiger partial charge in [0.25, 0.3) is 0 Å². The van der Waals surface area contributed by atoms with Gasteiger partial charge in [0.2, 0.25) is 0 Å². The fraction of sp³-hybridized carbons (Fsp3) is 0.800. The fourth-order valence-electron chi connectivity index (χ4n) is 0.578. The van der Waals surface area contributed by atoms with E-state index in [1.807, 2.05) is 0 Å². The van der Waals surface area contributed by atoms with Gasteiger partial charge in [-0.05, 0) is 13.3 Å². The summed E-state index contributed by atoms with van der Waals surface area (Å²) in [5, 5.41) is 2.97. The third kappa shape index (κ3) is 1.45. The molecule has 1 rings (SSSR count). The second-order valence-corrected chi connectivity index (χ2v) is 1.81. The molecule has 41 valence electrons. The van der Waals surface area contributed by atoms with Crippen LogP contribution in [0.15, 0.2) is 0 Å². The topological polar surface area (TPSA) is 21.3 Å². The summed E-state index contributed by atoms with van der Waals surface area (Å²) in [6.45, 7) is 4.78. The van der Waals surface area contributed by atoms with E-state index in [4.69, 9.17) is 4.74 Å². The van der Waals surface area contributed by atoms with Crippen LogP contribution in [0.5, 0.6) is 0 Å². The van der Waals surface area contributed by atoms with Gasteiger partial charge in [-0.15, -0.1) is 0 Å². The van der Waals surface area contributed by atoms with Gasteiger partial charge in [0.1, 0.15) is 6.73 Å². The molecule has 1 aliphatic heterocycles. The average molecular weight is 100 g/mol. The largest absolute Gasteiger partial charge is 0.356 e. The molecule has 0 aromatic rings. The third-order valence-electron chi connectivity index (χ3n) is 1.08. The Morgan fingerprint density at radius 2 is 2.71 bits per heavy atom. The molecule has 1 aliphatic rings. The molecule has 0 aromatic heterocycles. The minimum Gasteiger partial charge on any atom is -0.356 e. The molecule has 1 radical (unpaired) electrons. The zero-order valence-corrected chi connectivity index (χ0v) is 4.48. The van der Waals surface area contributed by atoms with E-state index in [0.717, 1.165) is 13.0 Å². The van der Waals surface area contributed by atoms with Crippen molar-refractivity contribution in [1.82, 2.24) is 5.32 Å². The first-order chi connectivity index (χ1) is 3.39. The van der Waals surface area contributed by atoms with Crippen molar-refractivity contribution in [3.63, 3.8) is 0 Å². The van der Waals surface area contributed by atoms with Gasteiger partial charge in [-0.2, -0.15) is 0 Å². The molecule has 0 bridgehead atoms. The SMILES string of the molecule is CC1CCN[CH]O1. The van der Waals surface area contributed by atoms with Gasteiger partial charge in [-0.1, -0.05) is 0 Å². The normalized spacial score (nSPS) is 33.0. The zero-order chi connectivity index (χ0) is 5.11. The highest BCUT2D eigenvalue weighted by Crippen LogP contribution is 2.00. The maximum atomic E-state index is 5.04. The van der Waals surface area contributed by atoms with Gasteiger partial charge in [0, 0.05) is 6.54 Å². The summed E-state index contributed by atoms with van der Waals surface area (Å²) >= 11 is 0. The summed E-state index contributed by atoms with van der Waals surface area (Å²) in [6.07, 6.45) is 1.54. The molecule has 7 heavy (non-hydrogen) atoms. The molecule has 1 N–H and O–H groups in total. The van der Waals surface area contributed by atoms with Crippen LogP contribution in [0, 0.1) is 6.73 Å². The predicted octanol–water partition coefficient (Wildman–Crippen LogP) is 0.504. The number of hydrogen-bond donors (Lipinski definition) is 1. The summed E-state index contributed by atoms with van der Waals surface area (Å²) in [5.74, 6) is 0. The van der Waals surface area contributed by atoms with Crippen LogP contribution in [0.2, 0.25) is 0 Å². The lowest BCUT2D eigenvalue weighted by Crippen LogP contribution is -2.27. The number of rotatable bonds is 0. The smallest absolute Gasteiger partial charge is 0.148 e. The van der Waals surface area contributed by atoms with E-state index in [0.29, 0.717) is 6.10 Å². The van der Waals surface area contributed by atoms with Crippen LogP contribution in [-0.4, -0.2) is 12.6 Å². The van der Waals surface area contributed by atoms with Crippen molar-refractivity contribution in [2.24, 2.45) is 0 Å². The van der Waals surface area contributed by atoms with Crippen molar-refractivity contribution in [3.05, 3.63) is 6.73 Å². The molecular formula is C5H10NO. The van der Waals surface area contributed by atoms with E-state index < -0.39 is 0 Å². The molecule has 1 unspecified atom stereocenters. The van der Waals surface area contributed by atoms with Crippen LogP contribution in [0.4, 0.5) is 0 Å². The van der Waals surface area contributed by atoms with Crippen molar-refractivity contribution in [3.8, 4) is 0 Å². The van der Waals surface area contributed by atoms with E-state index in [1.54, 1.807) is 6.73 Å². The summed E-state index contributed by atoms with van der Waals surface area (Å²) in [7, 11) is 0. The first-order valence-electron chi connectivity index (χ1n) is 2.60. The Hall–Kier alpha value is -0.0800. The van der Waals surface area contributed by atoms with E-state index in [1.165, 1.54) is 0 Å². The highest BCUT2D eigenvalue weighted by atomic mass is 16.5. The second kappa shape index (κ2) is 2.28. The summed E-state index contributed by atoms with van der Waals surface area (Å²) < 4.78 is 5.04. The first-order valence-corrected chi connectivity index (χ1v) is 2.60. The fourth-order valence-corrected chi connectivity index (χ4v) is 0.578. The average Bonchev–Trinajstić information content (AvgIpc) is 1.69. The van der Waals surface area contributed by atoms with Crippen LogP contribution < -0.4 is 5.32 Å². The van der Waals surface area contributed by atoms with Gasteiger partial charge in [0.05, 0.1) is 6.10 Å². The van der Waals surface area contributed by atoms with Crippen LogP contribution in [-0.2, 0) is 4.74 Å². The lowest BCUT2D eigenvalue weighted by atomic mass is 10.3. The van der Waals surface area contributed by atoms with Crippen molar-refractivity contribution >= 4 is 0 Å². The Kier molecular flexibility index (Phi) is 1.65. The van der Waals surface area contributed by atoms with E-state index in [2.05, 4.69) is 12.2 Å². The molecule has 0 aliphatic carbocycles. The molecule has 1 saturated heterocycles. The first kappa shape index (κ1) is 5.06. The Bertz CT molecular complexity index is 50.0. The van der Waals surface area contributed by atoms with Crippen LogP contribution >= 0.6 is 0 Å². The molecule has 1 heterocycles. The number of nitrogens with one attached hydrogen (secondary N) is 1. The Labute approximate surface area is 43.9 Å². The van der Waals surface area contributed by atoms with Gasteiger partial charge in [-0.25, -0.2) is 0 Å². The zero-order valence-electron chi connectivity index (χ0n) is 4.48. The molecular weight excluding hydrogens is 90.1 g/mol. The summed E-state index contributed by atoms with van der Waals surface area (Å²) in [6, 6.07) is 0. The Morgan fingerprint density at radius 1 is 1.86 bits per heavy atom. The van der Waals surface area contributed by atoms with Gasteiger partial charge < -0.3 is 4.74 Å². The lowest BCUT2D eigenvalue weighted by Gasteiger charge is -2.17. The molecule has 2 nitrogen and oxygen atoms in total. The maximum absolute atomic E-state index is 5.04. The predicted molar refractivity (Wildman–Crippen MR) is 27.5 cm³/mol. The third-order valence-corrected chi connectivity index (χ3v) is 1.08. The second-order valence-electron chi connectivity index (χ2n) is 1.81. The molecule has 0 spiro atoms. The molecule has 1 atom stereocenters. The van der Waals surface area contributed by atoms with Gasteiger partial charge in [-0.3, -0.25) is 5.32 Å². The quantitative estimate of drug-likeness (QED) is 0.478. The molecule has 0 saturated carbocycles. The Balaban J connectivity index is 2.12. The van der Waals surface area contributed by atoms with Crippen LogP contribution in [0.25, 0.3) is 0 Å². The number of hydrogen-bond acceptors (Lipinski definition) is 2. The summed E-state index contributed by atoms with van der Waals surface area (Å²) in [5.41, 5.74) is 0. The molecule has 0 aromatic carbocycles. The Morgan fingerprint density at radius 3 is 3.00 bits per heavy atom. The molecule has 2 heteroatoms. The van der Waals surface area contributed by atoms with E-state index in [9.17, 15) is 0 Å². The highest BCUT2D eigenvalue weighted by Gasteiger charge is 2.05. The highest BCUT2D eigenvalue weighted by molar-refractivity contribution is 4.63. The minimum atomic E-state index is 0.418. The van der Waals surface area contributed by atoms with Crippen molar-refractivity contribution in [1.29, 1.82) is 0 Å². The van der Waals surface area contributed by atoms with Crippen molar-refractivity contribution < 1.29 is 4.74 Å². The van der Waals surface area contributed by atoms with Crippen molar-refractivity contribution in [2.45, 2.75) is 19.4 Å². The minimum absolute atomic E-state index is 0.418. The molecule has 1 fully saturated rings.